The van der Waals surface area contributed by atoms with Gasteiger partial charge in [0.1, 0.15) is 0 Å². The fourth-order valence-electron chi connectivity index (χ4n) is 0.100. The third kappa shape index (κ3) is 4.47. The van der Waals surface area contributed by atoms with Crippen molar-refractivity contribution in [2.45, 2.75) is 0 Å². The number of hydrogen-bond acceptors (Lipinski definition) is 5. The number of nitrogens with one attached hydrogen (secondary N) is 1. The summed E-state index contributed by atoms with van der Waals surface area (Å²) in [6.45, 7) is 0. The van der Waals surface area contributed by atoms with Crippen LogP contribution in [0.5, 0.6) is 0 Å². The summed E-state index contributed by atoms with van der Waals surface area (Å²) >= 11 is 0. The van der Waals surface area contributed by atoms with Crippen LogP contribution in [0, 0.1) is 0 Å². The highest BCUT2D eigenvalue weighted by molar-refractivity contribution is 5.42. The molecule has 3 N–H and O–H groups in total. The van der Waals surface area contributed by atoms with Crippen LogP contribution in [0.2, 0.25) is 0 Å². The average molecular weight is 116 g/mol. The molecule has 1 amide bonds. The molecule has 0 fully saturated rings. The minimum absolute atomic E-state index is 0.250. The lowest BCUT2D eigenvalue weighted by Crippen LogP contribution is -1.82. The van der Waals surface area contributed by atoms with E-state index in [9.17, 15) is 0 Å². The zero-order chi connectivity index (χ0) is 6.24. The topological polar surface area (TPSA) is 110 Å². The summed E-state index contributed by atoms with van der Waals surface area (Å²) in [4.78, 5) is 8.58. The number of H-pyrrole nitrogens is 1. The number of nitrogens with zero attached hydrogens (tertiary/aromatic N) is 4. The number of nitrogens with two attached hydrogens (primary N) is 1. The van der Waals surface area contributed by atoms with Crippen molar-refractivity contribution in [3.8, 4) is 0 Å². The molecule has 0 unspecified atom stereocenters. The van der Waals surface area contributed by atoms with Gasteiger partial charge in [-0.1, -0.05) is 0 Å². The molecule has 0 bridgehead atoms. The summed E-state index contributed by atoms with van der Waals surface area (Å²) in [6.07, 6.45) is 0.250. The normalized spacial score (nSPS) is 6.50. The fourth-order valence-corrected chi connectivity index (χ4v) is 0.100. The van der Waals surface area contributed by atoms with Crippen LogP contribution >= 0.6 is 0 Å². The van der Waals surface area contributed by atoms with Gasteiger partial charge in [-0.15, -0.1) is 0 Å². The van der Waals surface area contributed by atoms with Gasteiger partial charge >= 0.3 is 0 Å². The summed E-state index contributed by atoms with van der Waals surface area (Å²) in [7, 11) is 0. The summed E-state index contributed by atoms with van der Waals surface area (Å²) in [5.74, 6) is 0. The molecular weight excluding hydrogens is 112 g/mol. The van der Waals surface area contributed by atoms with Crippen molar-refractivity contribution in [2.24, 2.45) is 5.73 Å². The Balaban J connectivity index is 0.000000145. The Morgan fingerprint density at radius 2 is 1.75 bits per heavy atom. The van der Waals surface area contributed by atoms with Gasteiger partial charge in [0.2, 0.25) is 6.41 Å². The number of hydrogen-bond donors (Lipinski definition) is 2. The van der Waals surface area contributed by atoms with Crippen LogP contribution in [-0.2, 0) is 4.79 Å². The Labute approximate surface area is 44.2 Å². The van der Waals surface area contributed by atoms with Crippen LogP contribution in [-0.4, -0.2) is 32.5 Å². The second kappa shape index (κ2) is 5.47. The van der Waals surface area contributed by atoms with E-state index >= 15 is 0 Å². The van der Waals surface area contributed by atoms with Gasteiger partial charge in [0.25, 0.3) is 0 Å². The molecule has 8 heavy (non-hydrogen) atoms. The van der Waals surface area contributed by atoms with E-state index in [0.29, 0.717) is 0 Å². The molecule has 7 heteroatoms. The van der Waals surface area contributed by atoms with Crippen molar-refractivity contribution in [3.63, 3.8) is 0 Å². The molecule has 0 aromatic carbocycles. The minimum Gasteiger partial charge on any atom is -0.372 e. The van der Waals surface area contributed by atoms with Gasteiger partial charge in [0.15, 0.2) is 0 Å². The van der Waals surface area contributed by atoms with Gasteiger partial charge in [-0.2, -0.15) is 5.21 Å². The van der Waals surface area contributed by atoms with Gasteiger partial charge in [-0.3, -0.25) is 4.79 Å². The quantitative estimate of drug-likeness (QED) is 0.370. The van der Waals surface area contributed by atoms with Crippen LogP contribution in [0.15, 0.2) is 0 Å². The Hall–Kier alpha value is -1.53. The highest BCUT2D eigenvalue weighted by Gasteiger charge is 1.59. The van der Waals surface area contributed by atoms with Crippen molar-refractivity contribution in [1.29, 1.82) is 0 Å². The fraction of sp³-hybridized carbons (Fsp3) is 0. The van der Waals surface area contributed by atoms with Crippen molar-refractivity contribution in [2.75, 3.05) is 0 Å². The first-order valence-electron chi connectivity index (χ1n) is 1.62. The Kier molecular flexibility index (Phi) is 4.42. The molecule has 0 saturated carbocycles. The zero-order valence-electron chi connectivity index (χ0n) is 3.85. The van der Waals surface area contributed by atoms with Gasteiger partial charge in [0.05, 0.1) is 0 Å². The smallest absolute Gasteiger partial charge is 0.204 e. The van der Waals surface area contributed by atoms with Crippen molar-refractivity contribution < 1.29 is 4.79 Å². The average Bonchev–Trinajstić information content (AvgIpc) is 2.17. The lowest BCUT2D eigenvalue weighted by Gasteiger charge is -1.40. The molecule has 44 valence electrons. The number of primary amides is 1. The summed E-state index contributed by atoms with van der Waals surface area (Å²) in [6, 6.07) is 0. The van der Waals surface area contributed by atoms with E-state index in [-0.39, 0.29) is 6.41 Å². The standard InChI is InChI=1S/CH3NO.HN5/c2-1-3;1-2-4-5-3-1/h1H,(H2,2,3);(H,1,2,3,4,5). The van der Waals surface area contributed by atoms with Crippen LogP contribution in [0.25, 0.3) is 0 Å². The molecule has 1 rings (SSSR count). The zero-order valence-corrected chi connectivity index (χ0v) is 3.85. The molecule has 0 aliphatic heterocycles. The van der Waals surface area contributed by atoms with E-state index in [4.69, 9.17) is 4.79 Å². The first-order valence-corrected chi connectivity index (χ1v) is 1.62. The lowest BCUT2D eigenvalue weighted by atomic mass is 11.5. The van der Waals surface area contributed by atoms with Crippen LogP contribution in [0.4, 0.5) is 0 Å². The molecule has 0 aliphatic rings. The summed E-state index contributed by atoms with van der Waals surface area (Å²) in [5.41, 5.74) is 4.17. The third-order valence-electron chi connectivity index (χ3n) is 0.219. The molecular formula is CH4N6O. The predicted molar refractivity (Wildman–Crippen MR) is 22.2 cm³/mol. The molecule has 1 aromatic heterocycles. The van der Waals surface area contributed by atoms with E-state index < -0.39 is 0 Å². The van der Waals surface area contributed by atoms with E-state index in [0.717, 1.165) is 0 Å². The van der Waals surface area contributed by atoms with Gasteiger partial charge in [0, 0.05) is 0 Å². The monoisotopic (exact) mass is 116 g/mol. The number of aromatic nitrogens is 5. The molecule has 0 spiro atoms. The molecule has 1 heterocycles. The van der Waals surface area contributed by atoms with Crippen LogP contribution in [0.3, 0.4) is 0 Å². The van der Waals surface area contributed by atoms with Crippen LogP contribution < -0.4 is 5.73 Å². The first kappa shape index (κ1) is 6.47. The van der Waals surface area contributed by atoms with E-state index in [2.05, 4.69) is 31.8 Å². The Morgan fingerprint density at radius 3 is 1.88 bits per heavy atom. The molecule has 0 atom stereocenters. The predicted octanol–water partition coefficient (Wildman–Crippen LogP) is -2.30. The number of carbonyl (C=O) groups is 1. The van der Waals surface area contributed by atoms with Gasteiger partial charge in [-0.05, 0) is 20.9 Å². The highest BCUT2D eigenvalue weighted by atomic mass is 16.1. The van der Waals surface area contributed by atoms with Crippen molar-refractivity contribution in [1.82, 2.24) is 26.1 Å². The second-order valence-electron chi connectivity index (χ2n) is 0.615. The summed E-state index contributed by atoms with van der Waals surface area (Å²) < 4.78 is 0. The third-order valence-corrected chi connectivity index (χ3v) is 0.219. The SMILES string of the molecule is NC=O.n1nn[nH]n1. The van der Waals surface area contributed by atoms with Gasteiger partial charge in [-0.25, -0.2) is 0 Å². The lowest BCUT2D eigenvalue weighted by molar-refractivity contribution is -0.106. The number of rotatable bonds is 0. The molecule has 1 aromatic rings. The number of amides is 1. The van der Waals surface area contributed by atoms with Crippen LogP contribution in [0.1, 0.15) is 0 Å². The maximum Gasteiger partial charge on any atom is 0.204 e. The minimum atomic E-state index is 0.250. The largest absolute Gasteiger partial charge is 0.372 e. The molecule has 7 nitrogen and oxygen atoms in total. The summed E-state index contributed by atoms with van der Waals surface area (Å²) in [5, 5.41) is 14.5. The Morgan fingerprint density at radius 1 is 1.38 bits per heavy atom. The number of aromatic amines is 1. The molecule has 0 aliphatic carbocycles. The molecule has 0 saturated heterocycles. The van der Waals surface area contributed by atoms with E-state index in [1.54, 1.807) is 0 Å². The number of carbonyl (C=O) groups excluding carboxylic acids is 1. The van der Waals surface area contributed by atoms with E-state index in [1.807, 2.05) is 0 Å². The highest BCUT2D eigenvalue weighted by Crippen LogP contribution is 1.31. The molecule has 0 radical (unpaired) electrons. The maximum atomic E-state index is 8.58. The van der Waals surface area contributed by atoms with Crippen molar-refractivity contribution >= 4 is 6.41 Å². The van der Waals surface area contributed by atoms with E-state index in [1.165, 1.54) is 0 Å². The van der Waals surface area contributed by atoms with Gasteiger partial charge < -0.3 is 5.73 Å². The Bertz CT molecular complexity index is 94.9. The van der Waals surface area contributed by atoms with Crippen molar-refractivity contribution in [3.05, 3.63) is 0 Å². The maximum absolute atomic E-state index is 8.58. The first-order chi connectivity index (χ1) is 3.91. The second-order valence-corrected chi connectivity index (χ2v) is 0.615.